The Bertz CT molecular complexity index is 827. The van der Waals surface area contributed by atoms with E-state index in [1.54, 1.807) is 0 Å². The molecule has 3 aromatic carbocycles. The monoisotopic (exact) mass is 546 g/mol. The minimum absolute atomic E-state index is 1.22. The highest BCUT2D eigenvalue weighted by Gasteiger charge is 2.05. The highest BCUT2D eigenvalue weighted by molar-refractivity contribution is 14.1. The van der Waals surface area contributed by atoms with E-state index in [9.17, 15) is 0 Å². The van der Waals surface area contributed by atoms with E-state index in [1.807, 2.05) is 0 Å². The molecule has 2 unspecified atom stereocenters. The molecule has 0 bridgehead atoms. The number of benzene rings is 3. The zero-order valence-corrected chi connectivity index (χ0v) is 18.3. The van der Waals surface area contributed by atoms with E-state index in [0.717, 1.165) is 0 Å². The number of hydrogen-bond acceptors (Lipinski definition) is 0. The molecule has 0 spiro atoms. The van der Waals surface area contributed by atoms with Gasteiger partial charge in [-0.3, -0.25) is 0 Å². The maximum Gasteiger partial charge on any atom is 0.0214 e. The van der Waals surface area contributed by atoms with Crippen LogP contribution in [-0.2, 0) is 0 Å². The Morgan fingerprint density at radius 1 is 0.591 bits per heavy atom. The molecule has 0 amide bonds. The molecular formula is C18H14I2P2. The fourth-order valence-corrected chi connectivity index (χ4v) is 4.46. The topological polar surface area (TPSA) is 0 Å². The molecule has 0 aliphatic heterocycles. The predicted octanol–water partition coefficient (Wildman–Crippen LogP) is 5.23. The van der Waals surface area contributed by atoms with Crippen LogP contribution >= 0.6 is 63.7 Å². The van der Waals surface area contributed by atoms with Crippen LogP contribution in [0.4, 0.5) is 0 Å². The van der Waals surface area contributed by atoms with Gasteiger partial charge in [-0.15, -0.1) is 18.5 Å². The molecule has 0 heterocycles. The summed E-state index contributed by atoms with van der Waals surface area (Å²) in [5.74, 6) is 0. The molecule has 110 valence electrons. The summed E-state index contributed by atoms with van der Waals surface area (Å²) in [6, 6.07) is 21.9. The van der Waals surface area contributed by atoms with Gasteiger partial charge in [-0.1, -0.05) is 48.5 Å². The molecule has 0 aliphatic rings. The molecule has 0 N–H and O–H groups in total. The number of rotatable bonds is 2. The highest BCUT2D eigenvalue weighted by Crippen LogP contribution is 2.28. The third kappa shape index (κ3) is 3.72. The molecule has 2 atom stereocenters. The minimum Gasteiger partial charge on any atom is -0.106 e. The van der Waals surface area contributed by atoms with Gasteiger partial charge in [0.25, 0.3) is 0 Å². The normalized spacial score (nSPS) is 10.7. The van der Waals surface area contributed by atoms with E-state index in [0.29, 0.717) is 0 Å². The van der Waals surface area contributed by atoms with Gasteiger partial charge in [0, 0.05) is 7.14 Å². The first-order chi connectivity index (χ1) is 10.5. The van der Waals surface area contributed by atoms with Crippen molar-refractivity contribution in [2.45, 2.75) is 0 Å². The first kappa shape index (κ1) is 16.8. The molecule has 0 aliphatic carbocycles. The Morgan fingerprint density at radius 2 is 1.23 bits per heavy atom. The van der Waals surface area contributed by atoms with E-state index >= 15 is 0 Å². The third-order valence-electron chi connectivity index (χ3n) is 3.52. The Balaban J connectivity index is 1.97. The lowest BCUT2D eigenvalue weighted by atomic mass is 10.0. The van der Waals surface area contributed by atoms with Crippen LogP contribution in [0.5, 0.6) is 0 Å². The lowest BCUT2D eigenvalue weighted by Gasteiger charge is -2.08. The summed E-state index contributed by atoms with van der Waals surface area (Å²) >= 11 is 4.78. The number of hydrogen-bond donors (Lipinski definition) is 0. The lowest BCUT2D eigenvalue weighted by Crippen LogP contribution is -1.96. The molecule has 0 saturated heterocycles. The first-order valence-corrected chi connectivity index (χ1v) is 10.1. The van der Waals surface area contributed by atoms with E-state index in [-0.39, 0.29) is 0 Å². The number of halogens is 2. The van der Waals surface area contributed by atoms with Crippen LogP contribution in [0.15, 0.2) is 60.7 Å². The largest absolute Gasteiger partial charge is 0.106 e. The van der Waals surface area contributed by atoms with E-state index in [2.05, 4.69) is 124 Å². The van der Waals surface area contributed by atoms with Gasteiger partial charge in [0.05, 0.1) is 0 Å². The average molecular weight is 546 g/mol. The van der Waals surface area contributed by atoms with Gasteiger partial charge in [-0.25, -0.2) is 0 Å². The Kier molecular flexibility index (Phi) is 5.55. The standard InChI is InChI=1S/C18H14I2P2/c19-16-10-14(21)6-7-15(16)12-3-1-11(2-4-12)13-5-8-18(22)17(20)9-13/h1-10H,21-22H2. The van der Waals surface area contributed by atoms with Crippen LogP contribution in [0, 0.1) is 7.14 Å². The Labute approximate surface area is 163 Å². The Hall–Kier alpha value is -0.0200. The maximum absolute atomic E-state index is 2.77. The molecule has 3 rings (SSSR count). The molecule has 3 aromatic rings. The molecule has 0 radical (unpaired) electrons. The highest BCUT2D eigenvalue weighted by atomic mass is 127. The summed E-state index contributed by atoms with van der Waals surface area (Å²) in [5.41, 5.74) is 5.06. The van der Waals surface area contributed by atoms with Crippen LogP contribution in [0.2, 0.25) is 0 Å². The molecule has 4 heteroatoms. The van der Waals surface area contributed by atoms with Gasteiger partial charge in [0.15, 0.2) is 0 Å². The van der Waals surface area contributed by atoms with Crippen LogP contribution in [0.1, 0.15) is 0 Å². The quantitative estimate of drug-likeness (QED) is 0.306. The van der Waals surface area contributed by atoms with Crippen molar-refractivity contribution in [2.75, 3.05) is 0 Å². The van der Waals surface area contributed by atoms with Gasteiger partial charge in [0.1, 0.15) is 0 Å². The fraction of sp³-hybridized carbons (Fsp3) is 0. The van der Waals surface area contributed by atoms with E-state index in [4.69, 9.17) is 0 Å². The smallest absolute Gasteiger partial charge is 0.0214 e. The zero-order valence-electron chi connectivity index (χ0n) is 11.7. The molecule has 0 aromatic heterocycles. The van der Waals surface area contributed by atoms with Crippen molar-refractivity contribution in [3.63, 3.8) is 0 Å². The van der Waals surface area contributed by atoms with Gasteiger partial charge in [-0.05, 0) is 90.2 Å². The van der Waals surface area contributed by atoms with Crippen molar-refractivity contribution in [2.24, 2.45) is 0 Å². The summed E-state index contributed by atoms with van der Waals surface area (Å²) in [7, 11) is 5.52. The summed E-state index contributed by atoms with van der Waals surface area (Å²) in [4.78, 5) is 0. The molecule has 0 nitrogen and oxygen atoms in total. The summed E-state index contributed by atoms with van der Waals surface area (Å²) < 4.78 is 2.55. The van der Waals surface area contributed by atoms with Crippen molar-refractivity contribution >= 4 is 74.3 Å². The molecule has 0 fully saturated rings. The van der Waals surface area contributed by atoms with Crippen molar-refractivity contribution < 1.29 is 0 Å². The zero-order chi connectivity index (χ0) is 15.7. The predicted molar refractivity (Wildman–Crippen MR) is 121 cm³/mol. The van der Waals surface area contributed by atoms with Gasteiger partial charge < -0.3 is 0 Å². The van der Waals surface area contributed by atoms with Crippen LogP contribution < -0.4 is 10.6 Å². The third-order valence-corrected chi connectivity index (χ3v) is 6.80. The van der Waals surface area contributed by atoms with Gasteiger partial charge in [-0.2, -0.15) is 0 Å². The van der Waals surface area contributed by atoms with E-state index < -0.39 is 0 Å². The van der Waals surface area contributed by atoms with Gasteiger partial charge >= 0.3 is 0 Å². The first-order valence-electron chi connectivity index (χ1n) is 6.75. The second-order valence-electron chi connectivity index (χ2n) is 5.05. The lowest BCUT2D eigenvalue weighted by molar-refractivity contribution is 1.58. The maximum atomic E-state index is 2.77. The minimum atomic E-state index is 1.22. The van der Waals surface area contributed by atoms with E-state index in [1.165, 1.54) is 40.0 Å². The van der Waals surface area contributed by atoms with Gasteiger partial charge in [0.2, 0.25) is 0 Å². The van der Waals surface area contributed by atoms with Crippen molar-refractivity contribution in [1.82, 2.24) is 0 Å². The van der Waals surface area contributed by atoms with Crippen LogP contribution in [0.3, 0.4) is 0 Å². The second-order valence-corrected chi connectivity index (χ2v) is 8.67. The van der Waals surface area contributed by atoms with Crippen molar-refractivity contribution in [3.8, 4) is 22.3 Å². The summed E-state index contributed by atoms with van der Waals surface area (Å²) in [6.45, 7) is 0. The summed E-state index contributed by atoms with van der Waals surface area (Å²) in [5, 5.41) is 2.46. The molecular weight excluding hydrogens is 532 g/mol. The Morgan fingerprint density at radius 3 is 1.86 bits per heavy atom. The SMILES string of the molecule is Pc1ccc(-c2ccc(-c3ccc(P)c(I)c3)cc2)c(I)c1. The molecule has 22 heavy (non-hydrogen) atoms. The summed E-state index contributed by atoms with van der Waals surface area (Å²) in [6.07, 6.45) is 0. The van der Waals surface area contributed by atoms with Crippen LogP contribution in [-0.4, -0.2) is 0 Å². The second kappa shape index (κ2) is 7.25. The average Bonchev–Trinajstić information content (AvgIpc) is 2.50. The molecule has 0 saturated carbocycles. The fourth-order valence-electron chi connectivity index (χ4n) is 2.31. The van der Waals surface area contributed by atoms with Crippen LogP contribution in [0.25, 0.3) is 22.3 Å². The van der Waals surface area contributed by atoms with Crippen molar-refractivity contribution in [1.29, 1.82) is 0 Å². The van der Waals surface area contributed by atoms with Crippen molar-refractivity contribution in [3.05, 3.63) is 67.8 Å².